The molecule has 1 aromatic rings. The number of halogens is 3. The average molecular weight is 400 g/mol. The Kier molecular flexibility index (Phi) is 14.4. The van der Waals surface area contributed by atoms with Crippen molar-refractivity contribution in [1.29, 1.82) is 0 Å². The van der Waals surface area contributed by atoms with Crippen molar-refractivity contribution in [2.24, 2.45) is 5.73 Å². The standard InChI is InChI=1S/C16H26N4O.3ClH/c1-2-19-10-12-20(13-11-19)15-7-4-3-6-14(15)18-16(21)8-5-9-17;;;/h3-4,6-7H,2,5,8-13,17H2,1H3,(H,18,21);3*1H. The molecule has 1 saturated heterocycles. The Morgan fingerprint density at radius 1 is 1.12 bits per heavy atom. The van der Waals surface area contributed by atoms with Crippen LogP contribution in [0.15, 0.2) is 24.3 Å². The minimum Gasteiger partial charge on any atom is -0.367 e. The van der Waals surface area contributed by atoms with Gasteiger partial charge in [0, 0.05) is 32.6 Å². The van der Waals surface area contributed by atoms with Crippen molar-refractivity contribution >= 4 is 54.5 Å². The molecule has 0 spiro atoms. The summed E-state index contributed by atoms with van der Waals surface area (Å²) in [5, 5.41) is 3.02. The van der Waals surface area contributed by atoms with Crippen LogP contribution in [-0.4, -0.2) is 50.1 Å². The third kappa shape index (κ3) is 7.45. The van der Waals surface area contributed by atoms with Crippen LogP contribution in [0.3, 0.4) is 0 Å². The summed E-state index contributed by atoms with van der Waals surface area (Å²) in [6.07, 6.45) is 1.21. The molecule has 0 bridgehead atoms. The zero-order valence-electron chi connectivity index (χ0n) is 14.1. The topological polar surface area (TPSA) is 61.6 Å². The van der Waals surface area contributed by atoms with Crippen LogP contribution in [-0.2, 0) is 4.79 Å². The second-order valence-electron chi connectivity index (χ2n) is 5.38. The van der Waals surface area contributed by atoms with Crippen molar-refractivity contribution in [2.75, 3.05) is 49.5 Å². The summed E-state index contributed by atoms with van der Waals surface area (Å²) in [6.45, 7) is 8.01. The molecule has 1 amide bonds. The molecule has 3 N–H and O–H groups in total. The van der Waals surface area contributed by atoms with E-state index in [1.165, 1.54) is 0 Å². The normalized spacial score (nSPS) is 14.0. The Labute approximate surface area is 163 Å². The Morgan fingerprint density at radius 2 is 1.75 bits per heavy atom. The molecule has 0 atom stereocenters. The minimum absolute atomic E-state index is 0. The molecule has 8 heteroatoms. The van der Waals surface area contributed by atoms with Crippen molar-refractivity contribution in [1.82, 2.24) is 4.90 Å². The van der Waals surface area contributed by atoms with Crippen LogP contribution in [0.2, 0.25) is 0 Å². The molecule has 2 rings (SSSR count). The number of nitrogens with two attached hydrogens (primary N) is 1. The first-order valence-corrected chi connectivity index (χ1v) is 7.81. The number of rotatable bonds is 6. The summed E-state index contributed by atoms with van der Waals surface area (Å²) in [6, 6.07) is 8.05. The zero-order chi connectivity index (χ0) is 15.1. The monoisotopic (exact) mass is 398 g/mol. The predicted octanol–water partition coefficient (Wildman–Crippen LogP) is 2.77. The summed E-state index contributed by atoms with van der Waals surface area (Å²) in [7, 11) is 0. The number of likely N-dealkylation sites (N-methyl/N-ethyl adjacent to an activating group) is 1. The van der Waals surface area contributed by atoms with E-state index < -0.39 is 0 Å². The minimum atomic E-state index is 0. The maximum Gasteiger partial charge on any atom is 0.224 e. The zero-order valence-corrected chi connectivity index (χ0v) is 16.5. The van der Waals surface area contributed by atoms with Crippen molar-refractivity contribution in [3.63, 3.8) is 0 Å². The first-order chi connectivity index (χ1) is 10.2. The quantitative estimate of drug-likeness (QED) is 0.772. The molecule has 1 aliphatic rings. The lowest BCUT2D eigenvalue weighted by Crippen LogP contribution is -2.46. The number of hydrogen-bond acceptors (Lipinski definition) is 4. The Morgan fingerprint density at radius 3 is 2.33 bits per heavy atom. The van der Waals surface area contributed by atoms with Crippen LogP contribution < -0.4 is 16.0 Å². The Bertz CT molecular complexity index is 468. The third-order valence-electron chi connectivity index (χ3n) is 3.95. The number of benzene rings is 1. The molecule has 5 nitrogen and oxygen atoms in total. The molecule has 0 unspecified atom stereocenters. The molecule has 1 fully saturated rings. The van der Waals surface area contributed by atoms with Crippen LogP contribution >= 0.6 is 37.2 Å². The highest BCUT2D eigenvalue weighted by molar-refractivity contribution is 5.94. The van der Waals surface area contributed by atoms with Crippen molar-refractivity contribution < 1.29 is 4.79 Å². The van der Waals surface area contributed by atoms with Crippen LogP contribution in [0, 0.1) is 0 Å². The Hall–Kier alpha value is -0.720. The highest BCUT2D eigenvalue weighted by Gasteiger charge is 2.18. The molecule has 0 aromatic heterocycles. The van der Waals surface area contributed by atoms with E-state index in [1.807, 2.05) is 18.2 Å². The van der Waals surface area contributed by atoms with Gasteiger partial charge in [-0.25, -0.2) is 0 Å². The van der Waals surface area contributed by atoms with Gasteiger partial charge in [-0.05, 0) is 31.6 Å². The lowest BCUT2D eigenvalue weighted by atomic mass is 10.2. The highest BCUT2D eigenvalue weighted by Crippen LogP contribution is 2.26. The van der Waals surface area contributed by atoms with E-state index in [-0.39, 0.29) is 43.1 Å². The Balaban J connectivity index is 0. The summed E-state index contributed by atoms with van der Waals surface area (Å²) in [5.74, 6) is 0.0418. The molecule has 140 valence electrons. The molecule has 0 saturated carbocycles. The number of nitrogens with one attached hydrogen (secondary N) is 1. The number of amides is 1. The molecule has 1 aliphatic heterocycles. The summed E-state index contributed by atoms with van der Waals surface area (Å²) in [4.78, 5) is 16.7. The SMILES string of the molecule is CCN1CCN(c2ccccc2NC(=O)CCCN)CC1.Cl.Cl.Cl. The maximum absolute atomic E-state index is 11.9. The van der Waals surface area contributed by atoms with E-state index in [9.17, 15) is 4.79 Å². The van der Waals surface area contributed by atoms with E-state index in [0.717, 1.165) is 50.5 Å². The van der Waals surface area contributed by atoms with Gasteiger partial charge in [0.05, 0.1) is 11.4 Å². The molecular formula is C16H29Cl3N4O. The van der Waals surface area contributed by atoms with E-state index in [0.29, 0.717) is 13.0 Å². The van der Waals surface area contributed by atoms with E-state index >= 15 is 0 Å². The van der Waals surface area contributed by atoms with Crippen molar-refractivity contribution in [3.8, 4) is 0 Å². The fourth-order valence-electron chi connectivity index (χ4n) is 2.64. The summed E-state index contributed by atoms with van der Waals surface area (Å²) < 4.78 is 0. The van der Waals surface area contributed by atoms with Gasteiger partial charge in [-0.2, -0.15) is 0 Å². The highest BCUT2D eigenvalue weighted by atomic mass is 35.5. The van der Waals surface area contributed by atoms with Crippen LogP contribution in [0.25, 0.3) is 0 Å². The maximum atomic E-state index is 11.9. The second kappa shape index (κ2) is 13.6. The fourth-order valence-corrected chi connectivity index (χ4v) is 2.64. The van der Waals surface area contributed by atoms with E-state index in [2.05, 4.69) is 28.1 Å². The summed E-state index contributed by atoms with van der Waals surface area (Å²) >= 11 is 0. The lowest BCUT2D eigenvalue weighted by molar-refractivity contribution is -0.116. The number of carbonyl (C=O) groups excluding carboxylic acids is 1. The van der Waals surface area contributed by atoms with Gasteiger partial charge in [-0.15, -0.1) is 37.2 Å². The van der Waals surface area contributed by atoms with Crippen LogP contribution in [0.1, 0.15) is 19.8 Å². The van der Waals surface area contributed by atoms with Crippen molar-refractivity contribution in [3.05, 3.63) is 24.3 Å². The van der Waals surface area contributed by atoms with Crippen LogP contribution in [0.4, 0.5) is 11.4 Å². The number of nitrogens with zero attached hydrogens (tertiary/aromatic N) is 2. The first-order valence-electron chi connectivity index (χ1n) is 7.81. The van der Waals surface area contributed by atoms with Gasteiger partial charge < -0.3 is 20.9 Å². The van der Waals surface area contributed by atoms with Gasteiger partial charge in [0.25, 0.3) is 0 Å². The molecule has 24 heavy (non-hydrogen) atoms. The van der Waals surface area contributed by atoms with Gasteiger partial charge in [0.2, 0.25) is 5.91 Å². The predicted molar refractivity (Wildman–Crippen MR) is 109 cm³/mol. The van der Waals surface area contributed by atoms with E-state index in [1.54, 1.807) is 0 Å². The molecular weight excluding hydrogens is 371 g/mol. The first kappa shape index (κ1) is 25.5. The smallest absolute Gasteiger partial charge is 0.224 e. The molecule has 0 radical (unpaired) electrons. The largest absolute Gasteiger partial charge is 0.367 e. The average Bonchev–Trinajstić information content (AvgIpc) is 2.53. The summed E-state index contributed by atoms with van der Waals surface area (Å²) in [5.41, 5.74) is 7.48. The number of carbonyl (C=O) groups is 1. The number of para-hydroxylation sites is 2. The van der Waals surface area contributed by atoms with E-state index in [4.69, 9.17) is 5.73 Å². The molecule has 0 aliphatic carbocycles. The number of anilines is 2. The lowest BCUT2D eigenvalue weighted by Gasteiger charge is -2.36. The van der Waals surface area contributed by atoms with Gasteiger partial charge in [-0.1, -0.05) is 19.1 Å². The molecule has 1 aromatic carbocycles. The second-order valence-corrected chi connectivity index (χ2v) is 5.38. The van der Waals surface area contributed by atoms with Gasteiger partial charge in [-0.3, -0.25) is 4.79 Å². The number of piperazine rings is 1. The van der Waals surface area contributed by atoms with Gasteiger partial charge >= 0.3 is 0 Å². The van der Waals surface area contributed by atoms with Crippen molar-refractivity contribution in [2.45, 2.75) is 19.8 Å². The number of hydrogen-bond donors (Lipinski definition) is 2. The van der Waals surface area contributed by atoms with Crippen LogP contribution in [0.5, 0.6) is 0 Å². The van der Waals surface area contributed by atoms with Gasteiger partial charge in [0.15, 0.2) is 0 Å². The third-order valence-corrected chi connectivity index (χ3v) is 3.95. The fraction of sp³-hybridized carbons (Fsp3) is 0.562. The molecule has 1 heterocycles. The van der Waals surface area contributed by atoms with Gasteiger partial charge in [0.1, 0.15) is 0 Å².